The van der Waals surface area contributed by atoms with Gasteiger partial charge in [0.05, 0.1) is 0 Å². The first-order valence-electron chi connectivity index (χ1n) is 11.7. The molecule has 0 radical (unpaired) electrons. The van der Waals surface area contributed by atoms with Crippen LogP contribution in [0.2, 0.25) is 0 Å². The Labute approximate surface area is 205 Å². The van der Waals surface area contributed by atoms with Crippen LogP contribution in [0, 0.1) is 6.92 Å². The van der Waals surface area contributed by atoms with Crippen molar-refractivity contribution in [1.29, 1.82) is 0 Å². The van der Waals surface area contributed by atoms with E-state index in [0.29, 0.717) is 12.4 Å². The van der Waals surface area contributed by atoms with Crippen LogP contribution < -0.4 is 16.2 Å². The molecular formula is C29H30N4O2. The zero-order chi connectivity index (χ0) is 24.8. The van der Waals surface area contributed by atoms with Crippen molar-refractivity contribution in [2.75, 3.05) is 11.9 Å². The number of carbonyl (C=O) groups excluding carboxylic acids is 1. The summed E-state index contributed by atoms with van der Waals surface area (Å²) in [6.45, 7) is 4.87. The Bertz CT molecular complexity index is 1330. The molecule has 0 saturated heterocycles. The van der Waals surface area contributed by atoms with E-state index >= 15 is 0 Å². The van der Waals surface area contributed by atoms with Crippen LogP contribution in [-0.4, -0.2) is 22.0 Å². The van der Waals surface area contributed by atoms with E-state index in [1.54, 1.807) is 31.6 Å². The standard InChI is InChI=1S/C29H30N4O2/c1-20-9-11-22(12-10-20)21(2)18-31-28(23-7-5-4-6-8-23)29(35)32-26-14-13-25(19-30-26)24-15-16-33(3)27(34)17-24/h4-17,19,21,28,31H,18H2,1-3H3,(H,30,32,35)/t21-,28+/m1/s1. The molecular weight excluding hydrogens is 436 g/mol. The van der Waals surface area contributed by atoms with Crippen LogP contribution in [-0.2, 0) is 11.8 Å². The highest BCUT2D eigenvalue weighted by atomic mass is 16.2. The smallest absolute Gasteiger partial charge is 0.250 e. The lowest BCUT2D eigenvalue weighted by molar-refractivity contribution is -0.118. The van der Waals surface area contributed by atoms with Gasteiger partial charge in [-0.1, -0.05) is 67.1 Å². The quantitative estimate of drug-likeness (QED) is 0.390. The summed E-state index contributed by atoms with van der Waals surface area (Å²) in [6.07, 6.45) is 3.38. The van der Waals surface area contributed by atoms with Crippen LogP contribution in [0.15, 0.2) is 96.1 Å². The van der Waals surface area contributed by atoms with Crippen LogP contribution in [0.25, 0.3) is 11.1 Å². The van der Waals surface area contributed by atoms with Gasteiger partial charge in [0.1, 0.15) is 11.9 Å². The number of benzene rings is 2. The average molecular weight is 467 g/mol. The summed E-state index contributed by atoms with van der Waals surface area (Å²) in [5.74, 6) is 0.517. The van der Waals surface area contributed by atoms with Gasteiger partial charge in [0.15, 0.2) is 0 Å². The number of hydrogen-bond donors (Lipinski definition) is 2. The SMILES string of the molecule is Cc1ccc([C@H](C)CN[C@H](C(=O)Nc2ccc(-c3ccn(C)c(=O)c3)cn2)c2ccccc2)cc1. The molecule has 2 aromatic carbocycles. The maximum Gasteiger partial charge on any atom is 0.250 e. The van der Waals surface area contributed by atoms with Gasteiger partial charge in [0, 0.05) is 37.6 Å². The van der Waals surface area contributed by atoms with E-state index in [1.807, 2.05) is 42.5 Å². The number of carbonyl (C=O) groups is 1. The Balaban J connectivity index is 1.47. The Hall–Kier alpha value is -4.03. The van der Waals surface area contributed by atoms with Crippen LogP contribution in [0.5, 0.6) is 0 Å². The molecule has 2 heterocycles. The van der Waals surface area contributed by atoms with Gasteiger partial charge in [-0.25, -0.2) is 4.98 Å². The minimum Gasteiger partial charge on any atom is -0.319 e. The summed E-state index contributed by atoms with van der Waals surface area (Å²) in [5, 5.41) is 6.37. The van der Waals surface area contributed by atoms with Crippen LogP contribution >= 0.6 is 0 Å². The molecule has 1 amide bonds. The van der Waals surface area contributed by atoms with Gasteiger partial charge in [0.2, 0.25) is 5.91 Å². The topological polar surface area (TPSA) is 76.0 Å². The third-order valence-electron chi connectivity index (χ3n) is 6.12. The van der Waals surface area contributed by atoms with E-state index in [9.17, 15) is 9.59 Å². The van der Waals surface area contributed by atoms with Gasteiger partial charge < -0.3 is 15.2 Å². The number of anilines is 1. The van der Waals surface area contributed by atoms with Gasteiger partial charge in [0.25, 0.3) is 5.56 Å². The summed E-state index contributed by atoms with van der Waals surface area (Å²) in [6, 6.07) is 24.7. The van der Waals surface area contributed by atoms with E-state index in [-0.39, 0.29) is 17.4 Å². The number of rotatable bonds is 8. The number of aromatic nitrogens is 2. The summed E-state index contributed by atoms with van der Waals surface area (Å²) < 4.78 is 1.52. The third-order valence-corrected chi connectivity index (χ3v) is 6.12. The summed E-state index contributed by atoms with van der Waals surface area (Å²) in [7, 11) is 1.71. The molecule has 6 heteroatoms. The second kappa shape index (κ2) is 10.9. The van der Waals surface area contributed by atoms with Crippen LogP contribution in [0.4, 0.5) is 5.82 Å². The highest BCUT2D eigenvalue weighted by Gasteiger charge is 2.21. The molecule has 0 spiro atoms. The fraction of sp³-hybridized carbons (Fsp3) is 0.207. The number of hydrogen-bond acceptors (Lipinski definition) is 4. The van der Waals surface area contributed by atoms with E-state index in [0.717, 1.165) is 16.7 Å². The lowest BCUT2D eigenvalue weighted by Crippen LogP contribution is -2.35. The Kier molecular flexibility index (Phi) is 7.53. The molecule has 178 valence electrons. The molecule has 6 nitrogen and oxygen atoms in total. The molecule has 0 aliphatic carbocycles. The van der Waals surface area contributed by atoms with E-state index in [4.69, 9.17) is 0 Å². The van der Waals surface area contributed by atoms with E-state index in [1.165, 1.54) is 15.7 Å². The number of nitrogens with zero attached hydrogens (tertiary/aromatic N) is 2. The van der Waals surface area contributed by atoms with Crippen molar-refractivity contribution in [2.24, 2.45) is 7.05 Å². The summed E-state index contributed by atoms with van der Waals surface area (Å²) in [5.41, 5.74) is 4.85. The van der Waals surface area contributed by atoms with Crippen LogP contribution in [0.3, 0.4) is 0 Å². The number of nitrogens with one attached hydrogen (secondary N) is 2. The number of pyridine rings is 2. The molecule has 2 atom stereocenters. The maximum absolute atomic E-state index is 13.3. The summed E-state index contributed by atoms with van der Waals surface area (Å²) >= 11 is 0. The molecule has 4 rings (SSSR count). The zero-order valence-corrected chi connectivity index (χ0v) is 20.2. The predicted octanol–water partition coefficient (Wildman–Crippen LogP) is 4.83. The monoisotopic (exact) mass is 466 g/mol. The second-order valence-electron chi connectivity index (χ2n) is 8.85. The molecule has 0 bridgehead atoms. The molecule has 0 saturated carbocycles. The minimum absolute atomic E-state index is 0.0866. The highest BCUT2D eigenvalue weighted by Crippen LogP contribution is 2.21. The Morgan fingerprint density at radius 1 is 0.943 bits per heavy atom. The molecule has 0 unspecified atom stereocenters. The molecule has 4 aromatic rings. The first-order valence-corrected chi connectivity index (χ1v) is 11.7. The van der Waals surface area contributed by atoms with Gasteiger partial charge in [-0.15, -0.1) is 0 Å². The van der Waals surface area contributed by atoms with Crippen molar-refractivity contribution in [2.45, 2.75) is 25.8 Å². The van der Waals surface area contributed by atoms with E-state index < -0.39 is 6.04 Å². The molecule has 0 aliphatic heterocycles. The summed E-state index contributed by atoms with van der Waals surface area (Å²) in [4.78, 5) is 29.6. The minimum atomic E-state index is -0.525. The van der Waals surface area contributed by atoms with E-state index in [2.05, 4.69) is 53.7 Å². The normalized spacial score (nSPS) is 12.7. The Morgan fingerprint density at radius 3 is 2.34 bits per heavy atom. The fourth-order valence-corrected chi connectivity index (χ4v) is 3.88. The first kappa shape index (κ1) is 24.1. The van der Waals surface area contributed by atoms with Gasteiger partial charge in [-0.05, 0) is 47.7 Å². The molecule has 2 N–H and O–H groups in total. The molecule has 0 fully saturated rings. The van der Waals surface area contributed by atoms with Gasteiger partial charge >= 0.3 is 0 Å². The van der Waals surface area contributed by atoms with Crippen LogP contribution in [0.1, 0.15) is 35.6 Å². The lowest BCUT2D eigenvalue weighted by Gasteiger charge is -2.21. The third kappa shape index (κ3) is 6.11. The number of aryl methyl sites for hydroxylation is 2. The van der Waals surface area contributed by atoms with Gasteiger partial charge in [-0.3, -0.25) is 9.59 Å². The fourth-order valence-electron chi connectivity index (χ4n) is 3.88. The molecule has 0 aliphatic rings. The van der Waals surface area contributed by atoms with Crippen molar-refractivity contribution in [3.8, 4) is 11.1 Å². The Morgan fingerprint density at radius 2 is 1.69 bits per heavy atom. The van der Waals surface area contributed by atoms with Gasteiger partial charge in [-0.2, -0.15) is 0 Å². The van der Waals surface area contributed by atoms with Crippen molar-refractivity contribution in [3.63, 3.8) is 0 Å². The van der Waals surface area contributed by atoms with Crippen molar-refractivity contribution in [3.05, 3.63) is 118 Å². The van der Waals surface area contributed by atoms with Crippen molar-refractivity contribution in [1.82, 2.24) is 14.9 Å². The predicted molar refractivity (Wildman–Crippen MR) is 140 cm³/mol. The number of amides is 1. The maximum atomic E-state index is 13.3. The zero-order valence-electron chi connectivity index (χ0n) is 20.2. The lowest BCUT2D eigenvalue weighted by atomic mass is 9.98. The average Bonchev–Trinajstić information content (AvgIpc) is 2.87. The van der Waals surface area contributed by atoms with Crippen molar-refractivity contribution < 1.29 is 4.79 Å². The highest BCUT2D eigenvalue weighted by molar-refractivity contribution is 5.95. The molecule has 2 aromatic heterocycles. The second-order valence-corrected chi connectivity index (χ2v) is 8.85. The largest absolute Gasteiger partial charge is 0.319 e. The van der Waals surface area contributed by atoms with Crippen molar-refractivity contribution >= 4 is 11.7 Å². The first-order chi connectivity index (χ1) is 16.9. The molecule has 35 heavy (non-hydrogen) atoms.